The Kier molecular flexibility index (Phi) is 5.05. The molecule has 0 fully saturated rings. The van der Waals surface area contributed by atoms with E-state index in [1.807, 2.05) is 44.2 Å². The molecule has 1 atom stereocenters. The number of aryl methyl sites for hydroxylation is 2. The molecule has 0 spiro atoms. The first-order chi connectivity index (χ1) is 12.1. The lowest BCUT2D eigenvalue weighted by molar-refractivity contribution is 0.0916. The van der Waals surface area contributed by atoms with Gasteiger partial charge in [-0.3, -0.25) is 4.79 Å². The second kappa shape index (κ2) is 7.40. The molecule has 5 heteroatoms. The monoisotopic (exact) mass is 335 g/mol. The molecule has 0 aliphatic rings. The van der Waals surface area contributed by atoms with E-state index in [1.165, 1.54) is 0 Å². The van der Waals surface area contributed by atoms with Crippen LogP contribution in [-0.2, 0) is 6.42 Å². The lowest BCUT2D eigenvalue weighted by Crippen LogP contribution is -2.39. The molecule has 3 aromatic rings. The maximum atomic E-state index is 12.5. The van der Waals surface area contributed by atoms with E-state index in [0.717, 1.165) is 22.5 Å². The van der Waals surface area contributed by atoms with Crippen LogP contribution in [0.25, 0.3) is 11.0 Å². The molecule has 0 aliphatic carbocycles. The SMILES string of the molecule is Cc1nc2ccc(C(=O)NC(CO)Cc3ccccc3)cc2nc1C. The van der Waals surface area contributed by atoms with E-state index in [2.05, 4.69) is 15.3 Å². The predicted molar refractivity (Wildman–Crippen MR) is 97.5 cm³/mol. The summed E-state index contributed by atoms with van der Waals surface area (Å²) in [5.41, 5.74) is 4.77. The Morgan fingerprint density at radius 3 is 2.40 bits per heavy atom. The fraction of sp³-hybridized carbons (Fsp3) is 0.250. The number of rotatable bonds is 5. The molecule has 1 aromatic heterocycles. The van der Waals surface area contributed by atoms with Gasteiger partial charge in [-0.05, 0) is 44.0 Å². The second-order valence-corrected chi connectivity index (χ2v) is 6.14. The van der Waals surface area contributed by atoms with Crippen LogP contribution in [0.2, 0.25) is 0 Å². The van der Waals surface area contributed by atoms with Crippen molar-refractivity contribution >= 4 is 16.9 Å². The van der Waals surface area contributed by atoms with Gasteiger partial charge in [0, 0.05) is 5.56 Å². The molecule has 0 bridgehead atoms. The van der Waals surface area contributed by atoms with Crippen LogP contribution in [0.5, 0.6) is 0 Å². The summed E-state index contributed by atoms with van der Waals surface area (Å²) in [4.78, 5) is 21.5. The third-order valence-corrected chi connectivity index (χ3v) is 4.22. The number of carbonyl (C=O) groups excluding carboxylic acids is 1. The van der Waals surface area contributed by atoms with Gasteiger partial charge in [0.2, 0.25) is 0 Å². The first-order valence-corrected chi connectivity index (χ1v) is 8.27. The summed E-state index contributed by atoms with van der Waals surface area (Å²) >= 11 is 0. The summed E-state index contributed by atoms with van der Waals surface area (Å²) in [6.07, 6.45) is 0.578. The summed E-state index contributed by atoms with van der Waals surface area (Å²) in [5, 5.41) is 12.5. The van der Waals surface area contributed by atoms with Gasteiger partial charge in [0.15, 0.2) is 0 Å². The first kappa shape index (κ1) is 17.0. The Labute approximate surface area is 146 Å². The number of amides is 1. The Bertz CT molecular complexity index is 894. The molecule has 1 heterocycles. The van der Waals surface area contributed by atoms with Gasteiger partial charge in [-0.25, -0.2) is 9.97 Å². The number of nitrogens with one attached hydrogen (secondary N) is 1. The summed E-state index contributed by atoms with van der Waals surface area (Å²) < 4.78 is 0. The molecule has 1 amide bonds. The van der Waals surface area contributed by atoms with Crippen LogP contribution in [0.4, 0.5) is 0 Å². The number of fused-ring (bicyclic) bond motifs is 1. The molecule has 2 N–H and O–H groups in total. The van der Waals surface area contributed by atoms with Crippen LogP contribution in [0, 0.1) is 13.8 Å². The zero-order chi connectivity index (χ0) is 17.8. The predicted octanol–water partition coefficient (Wildman–Crippen LogP) is 2.58. The van der Waals surface area contributed by atoms with Crippen molar-refractivity contribution in [2.45, 2.75) is 26.3 Å². The smallest absolute Gasteiger partial charge is 0.251 e. The molecule has 3 rings (SSSR count). The largest absolute Gasteiger partial charge is 0.394 e. The van der Waals surface area contributed by atoms with Crippen LogP contribution < -0.4 is 5.32 Å². The van der Waals surface area contributed by atoms with Gasteiger partial charge < -0.3 is 10.4 Å². The summed E-state index contributed by atoms with van der Waals surface area (Å²) in [7, 11) is 0. The van der Waals surface area contributed by atoms with Crippen molar-refractivity contribution in [1.29, 1.82) is 0 Å². The normalized spacial score (nSPS) is 12.1. The summed E-state index contributed by atoms with van der Waals surface area (Å²) in [5.74, 6) is -0.225. The number of carbonyl (C=O) groups is 1. The first-order valence-electron chi connectivity index (χ1n) is 8.27. The standard InChI is InChI=1S/C20H21N3O2/c1-13-14(2)22-19-11-16(8-9-18(19)21-13)20(25)23-17(12-24)10-15-6-4-3-5-7-15/h3-9,11,17,24H,10,12H2,1-2H3,(H,23,25). The van der Waals surface area contributed by atoms with Crippen LogP contribution >= 0.6 is 0 Å². The van der Waals surface area contributed by atoms with E-state index in [-0.39, 0.29) is 18.6 Å². The van der Waals surface area contributed by atoms with Crippen LogP contribution in [0.1, 0.15) is 27.3 Å². The third-order valence-electron chi connectivity index (χ3n) is 4.22. The van der Waals surface area contributed by atoms with Crippen molar-refractivity contribution in [3.8, 4) is 0 Å². The molecule has 5 nitrogen and oxygen atoms in total. The van der Waals surface area contributed by atoms with Crippen LogP contribution in [0.15, 0.2) is 48.5 Å². The highest BCUT2D eigenvalue weighted by Gasteiger charge is 2.14. The number of hydrogen-bond acceptors (Lipinski definition) is 4. The Morgan fingerprint density at radius 2 is 1.72 bits per heavy atom. The topological polar surface area (TPSA) is 75.1 Å². The highest BCUT2D eigenvalue weighted by atomic mass is 16.3. The van der Waals surface area contributed by atoms with Crippen LogP contribution in [0.3, 0.4) is 0 Å². The maximum Gasteiger partial charge on any atom is 0.251 e. The molecule has 2 aromatic carbocycles. The number of aliphatic hydroxyl groups excluding tert-OH is 1. The molecular formula is C20H21N3O2. The Morgan fingerprint density at radius 1 is 1.04 bits per heavy atom. The van der Waals surface area contributed by atoms with E-state index in [0.29, 0.717) is 17.5 Å². The fourth-order valence-corrected chi connectivity index (χ4v) is 2.70. The van der Waals surface area contributed by atoms with E-state index in [4.69, 9.17) is 0 Å². The molecule has 128 valence electrons. The van der Waals surface area contributed by atoms with E-state index >= 15 is 0 Å². The average molecular weight is 335 g/mol. The van der Waals surface area contributed by atoms with Crippen molar-refractivity contribution in [2.24, 2.45) is 0 Å². The minimum Gasteiger partial charge on any atom is -0.394 e. The average Bonchev–Trinajstić information content (AvgIpc) is 2.62. The molecule has 0 aliphatic heterocycles. The fourth-order valence-electron chi connectivity index (χ4n) is 2.70. The lowest BCUT2D eigenvalue weighted by Gasteiger charge is -2.16. The molecule has 1 unspecified atom stereocenters. The number of hydrogen-bond donors (Lipinski definition) is 2. The van der Waals surface area contributed by atoms with Crippen molar-refractivity contribution in [3.05, 3.63) is 71.0 Å². The van der Waals surface area contributed by atoms with Crippen molar-refractivity contribution in [3.63, 3.8) is 0 Å². The van der Waals surface area contributed by atoms with E-state index in [9.17, 15) is 9.90 Å². The van der Waals surface area contributed by atoms with Crippen molar-refractivity contribution in [2.75, 3.05) is 6.61 Å². The Balaban J connectivity index is 1.77. The minimum atomic E-state index is -0.337. The zero-order valence-electron chi connectivity index (χ0n) is 14.4. The van der Waals surface area contributed by atoms with E-state index in [1.54, 1.807) is 18.2 Å². The molecule has 0 saturated carbocycles. The second-order valence-electron chi connectivity index (χ2n) is 6.14. The van der Waals surface area contributed by atoms with Crippen LogP contribution in [-0.4, -0.2) is 33.6 Å². The van der Waals surface area contributed by atoms with Crippen molar-refractivity contribution in [1.82, 2.24) is 15.3 Å². The lowest BCUT2D eigenvalue weighted by atomic mass is 10.1. The molecule has 0 saturated heterocycles. The maximum absolute atomic E-state index is 12.5. The summed E-state index contributed by atoms with van der Waals surface area (Å²) in [6, 6.07) is 14.7. The van der Waals surface area contributed by atoms with Gasteiger partial charge in [0.1, 0.15) is 0 Å². The summed E-state index contributed by atoms with van der Waals surface area (Å²) in [6.45, 7) is 3.69. The van der Waals surface area contributed by atoms with E-state index < -0.39 is 0 Å². The third kappa shape index (κ3) is 4.00. The molecular weight excluding hydrogens is 314 g/mol. The van der Waals surface area contributed by atoms with Gasteiger partial charge >= 0.3 is 0 Å². The van der Waals surface area contributed by atoms with Crippen molar-refractivity contribution < 1.29 is 9.90 Å². The highest BCUT2D eigenvalue weighted by Crippen LogP contribution is 2.15. The minimum absolute atomic E-state index is 0.119. The molecule has 25 heavy (non-hydrogen) atoms. The van der Waals surface area contributed by atoms with Gasteiger partial charge in [-0.15, -0.1) is 0 Å². The van der Waals surface area contributed by atoms with Gasteiger partial charge in [0.05, 0.1) is 35.1 Å². The quantitative estimate of drug-likeness (QED) is 0.751. The van der Waals surface area contributed by atoms with Gasteiger partial charge in [-0.2, -0.15) is 0 Å². The number of nitrogens with zero attached hydrogens (tertiary/aromatic N) is 2. The number of aliphatic hydroxyl groups is 1. The Hall–Kier alpha value is -2.79. The highest BCUT2D eigenvalue weighted by molar-refractivity contribution is 5.97. The number of aromatic nitrogens is 2. The molecule has 0 radical (unpaired) electrons. The van der Waals surface area contributed by atoms with Gasteiger partial charge in [-0.1, -0.05) is 30.3 Å². The van der Waals surface area contributed by atoms with Gasteiger partial charge in [0.25, 0.3) is 5.91 Å². The zero-order valence-corrected chi connectivity index (χ0v) is 14.4. The number of benzene rings is 2.